The molecule has 0 fully saturated rings. The number of hydrogen-bond donors (Lipinski definition) is 3. The molecule has 1 aliphatic carbocycles. The quantitative estimate of drug-likeness (QED) is 0.639. The average molecular weight is 298 g/mol. The fraction of sp³-hybridized carbons (Fsp3) is 0.500. The van der Waals surface area contributed by atoms with Crippen molar-refractivity contribution in [2.75, 3.05) is 6.67 Å². The molecule has 3 atom stereocenters. The summed E-state index contributed by atoms with van der Waals surface area (Å²) in [5.41, 5.74) is 0. The van der Waals surface area contributed by atoms with Crippen molar-refractivity contribution in [3.8, 4) is 0 Å². The van der Waals surface area contributed by atoms with E-state index in [4.69, 9.17) is 5.11 Å². The number of halogens is 1. The third kappa shape index (κ3) is 5.76. The second-order valence-electron chi connectivity index (χ2n) is 4.85. The van der Waals surface area contributed by atoms with Crippen molar-refractivity contribution in [2.45, 2.75) is 31.8 Å². The van der Waals surface area contributed by atoms with E-state index < -0.39 is 36.5 Å². The average Bonchev–Trinajstić information content (AvgIpc) is 2.44. The Morgan fingerprint density at radius 2 is 2.00 bits per heavy atom. The van der Waals surface area contributed by atoms with Gasteiger partial charge in [-0.05, 0) is 18.8 Å². The zero-order chi connectivity index (χ0) is 15.8. The minimum atomic E-state index is -1.60. The second kappa shape index (κ2) is 8.18. The van der Waals surface area contributed by atoms with Crippen molar-refractivity contribution in [1.82, 2.24) is 10.6 Å². The molecule has 0 aromatic carbocycles. The molecule has 1 rings (SSSR count). The Morgan fingerprint density at radius 1 is 1.29 bits per heavy atom. The fourth-order valence-corrected chi connectivity index (χ4v) is 2.02. The maximum absolute atomic E-state index is 12.5. The van der Waals surface area contributed by atoms with Crippen LogP contribution in [0.15, 0.2) is 24.3 Å². The molecule has 0 spiro atoms. The Morgan fingerprint density at radius 3 is 2.48 bits per heavy atom. The number of allylic oxidation sites excluding steroid dienone is 4. The van der Waals surface area contributed by atoms with Crippen LogP contribution in [0.1, 0.15) is 19.8 Å². The molecule has 1 unspecified atom stereocenters. The van der Waals surface area contributed by atoms with Crippen LogP contribution in [0.3, 0.4) is 0 Å². The maximum atomic E-state index is 12.5. The number of amides is 2. The number of carbonyl (C=O) groups excluding carboxylic acids is 2. The highest BCUT2D eigenvalue weighted by atomic mass is 19.1. The highest BCUT2D eigenvalue weighted by Gasteiger charge is 2.27. The minimum absolute atomic E-state index is 0.0613. The van der Waals surface area contributed by atoms with Crippen molar-refractivity contribution in [1.29, 1.82) is 0 Å². The summed E-state index contributed by atoms with van der Waals surface area (Å²) in [5, 5.41) is 13.3. The van der Waals surface area contributed by atoms with Gasteiger partial charge in [-0.15, -0.1) is 0 Å². The van der Waals surface area contributed by atoms with E-state index in [0.29, 0.717) is 6.42 Å². The molecule has 0 saturated carbocycles. The molecule has 21 heavy (non-hydrogen) atoms. The van der Waals surface area contributed by atoms with Gasteiger partial charge in [-0.2, -0.15) is 0 Å². The zero-order valence-electron chi connectivity index (χ0n) is 11.7. The van der Waals surface area contributed by atoms with E-state index in [1.54, 1.807) is 0 Å². The van der Waals surface area contributed by atoms with Crippen molar-refractivity contribution >= 4 is 17.8 Å². The molecule has 0 aliphatic heterocycles. The molecule has 0 heterocycles. The number of carboxylic acids is 1. The van der Waals surface area contributed by atoms with Gasteiger partial charge in [0.15, 0.2) is 6.04 Å². The predicted octanol–water partition coefficient (Wildman–Crippen LogP) is 0.552. The van der Waals surface area contributed by atoms with E-state index >= 15 is 0 Å². The Labute approximate surface area is 122 Å². The molecular formula is C14H19FN2O4. The van der Waals surface area contributed by atoms with Crippen LogP contribution in [0.25, 0.3) is 0 Å². The van der Waals surface area contributed by atoms with E-state index in [2.05, 4.69) is 10.6 Å². The normalized spacial score (nSPS) is 19.6. The molecule has 0 aromatic rings. The molecule has 2 amide bonds. The standard InChI is InChI=1S/C14H19FN2O4/c1-9(18)16-11(7-10-5-3-2-4-6-10)13(19)17-12(8-15)14(20)21/h2-5,10-12H,6-8H2,1H3,(H,16,18)(H,17,19)(H,20,21)/t10?,11-,12-/m0/s1. The van der Waals surface area contributed by atoms with Crippen LogP contribution >= 0.6 is 0 Å². The smallest absolute Gasteiger partial charge is 0.328 e. The van der Waals surface area contributed by atoms with Crippen LogP contribution in [0.2, 0.25) is 0 Å². The maximum Gasteiger partial charge on any atom is 0.328 e. The molecule has 3 N–H and O–H groups in total. The lowest BCUT2D eigenvalue weighted by molar-refractivity contribution is -0.142. The lowest BCUT2D eigenvalue weighted by atomic mass is 9.93. The van der Waals surface area contributed by atoms with Gasteiger partial charge in [0.25, 0.3) is 0 Å². The van der Waals surface area contributed by atoms with Crippen LogP contribution in [-0.2, 0) is 14.4 Å². The summed E-state index contributed by atoms with van der Waals surface area (Å²) in [5.74, 6) is -2.49. The Hall–Kier alpha value is -2.18. The lowest BCUT2D eigenvalue weighted by Crippen LogP contribution is -2.52. The predicted molar refractivity (Wildman–Crippen MR) is 74.2 cm³/mol. The van der Waals surface area contributed by atoms with Gasteiger partial charge in [-0.1, -0.05) is 24.3 Å². The van der Waals surface area contributed by atoms with Crippen LogP contribution < -0.4 is 10.6 Å². The molecule has 0 aromatic heterocycles. The highest BCUT2D eigenvalue weighted by Crippen LogP contribution is 2.17. The first kappa shape index (κ1) is 16.9. The largest absolute Gasteiger partial charge is 0.480 e. The number of aliphatic carboxylic acids is 1. The summed E-state index contributed by atoms with van der Waals surface area (Å²) < 4.78 is 12.5. The summed E-state index contributed by atoms with van der Waals surface area (Å²) >= 11 is 0. The highest BCUT2D eigenvalue weighted by molar-refractivity contribution is 5.90. The first-order valence-corrected chi connectivity index (χ1v) is 6.63. The minimum Gasteiger partial charge on any atom is -0.480 e. The molecule has 1 aliphatic rings. The van der Waals surface area contributed by atoms with Gasteiger partial charge >= 0.3 is 5.97 Å². The van der Waals surface area contributed by atoms with Crippen molar-refractivity contribution in [3.05, 3.63) is 24.3 Å². The summed E-state index contributed by atoms with van der Waals surface area (Å²) in [6.45, 7) is 0.0562. The van der Waals surface area contributed by atoms with E-state index in [-0.39, 0.29) is 5.92 Å². The summed E-state index contributed by atoms with van der Waals surface area (Å²) in [4.78, 5) is 33.9. The Kier molecular flexibility index (Phi) is 6.58. The number of carboxylic acid groups (broad SMARTS) is 1. The SMILES string of the molecule is CC(=O)N[C@@H](CC1C=CC=CC1)C(=O)N[C@@H](CF)C(=O)O. The summed E-state index contributed by atoms with van der Waals surface area (Å²) in [7, 11) is 0. The monoisotopic (exact) mass is 298 g/mol. The van der Waals surface area contributed by atoms with Crippen LogP contribution in [0.4, 0.5) is 4.39 Å². The molecule has 7 heteroatoms. The summed E-state index contributed by atoms with van der Waals surface area (Å²) in [6.07, 6.45) is 8.63. The molecule has 0 bridgehead atoms. The third-order valence-corrected chi connectivity index (χ3v) is 3.07. The molecule has 6 nitrogen and oxygen atoms in total. The van der Waals surface area contributed by atoms with Crippen LogP contribution in [0, 0.1) is 5.92 Å². The van der Waals surface area contributed by atoms with Crippen molar-refractivity contribution in [3.63, 3.8) is 0 Å². The number of hydrogen-bond acceptors (Lipinski definition) is 3. The van der Waals surface area contributed by atoms with E-state index in [1.165, 1.54) is 6.92 Å². The molecule has 116 valence electrons. The molecule has 0 saturated heterocycles. The molecule has 0 radical (unpaired) electrons. The van der Waals surface area contributed by atoms with Crippen LogP contribution in [-0.4, -0.2) is 41.6 Å². The number of alkyl halides is 1. The van der Waals surface area contributed by atoms with Gasteiger partial charge in [0, 0.05) is 6.92 Å². The van der Waals surface area contributed by atoms with Gasteiger partial charge in [0.2, 0.25) is 11.8 Å². The Bertz CT molecular complexity index is 462. The fourth-order valence-electron chi connectivity index (χ4n) is 2.02. The van der Waals surface area contributed by atoms with Gasteiger partial charge in [0.05, 0.1) is 0 Å². The first-order chi connectivity index (χ1) is 9.93. The van der Waals surface area contributed by atoms with Crippen molar-refractivity contribution < 1.29 is 23.9 Å². The van der Waals surface area contributed by atoms with Gasteiger partial charge in [-0.25, -0.2) is 9.18 Å². The topological polar surface area (TPSA) is 95.5 Å². The third-order valence-electron chi connectivity index (χ3n) is 3.07. The Balaban J connectivity index is 2.69. The van der Waals surface area contributed by atoms with Crippen molar-refractivity contribution in [2.24, 2.45) is 5.92 Å². The van der Waals surface area contributed by atoms with Gasteiger partial charge in [0.1, 0.15) is 12.7 Å². The van der Waals surface area contributed by atoms with Gasteiger partial charge < -0.3 is 15.7 Å². The number of nitrogens with one attached hydrogen (secondary N) is 2. The zero-order valence-corrected chi connectivity index (χ0v) is 11.7. The summed E-state index contributed by atoms with van der Waals surface area (Å²) in [6, 6.07) is -2.49. The van der Waals surface area contributed by atoms with E-state index in [0.717, 1.165) is 6.42 Å². The van der Waals surface area contributed by atoms with E-state index in [9.17, 15) is 18.8 Å². The lowest BCUT2D eigenvalue weighted by Gasteiger charge is -2.23. The first-order valence-electron chi connectivity index (χ1n) is 6.63. The van der Waals surface area contributed by atoms with E-state index in [1.807, 2.05) is 24.3 Å². The van der Waals surface area contributed by atoms with Crippen LogP contribution in [0.5, 0.6) is 0 Å². The number of carbonyl (C=O) groups is 3. The second-order valence-corrected chi connectivity index (χ2v) is 4.85. The van der Waals surface area contributed by atoms with Gasteiger partial charge in [-0.3, -0.25) is 9.59 Å². The number of rotatable bonds is 7. The molecular weight excluding hydrogens is 279 g/mol.